The van der Waals surface area contributed by atoms with Gasteiger partial charge >= 0.3 is 6.09 Å². The molecule has 1 atom stereocenters. The Morgan fingerprint density at radius 2 is 2.04 bits per heavy atom. The molecular weight excluding hydrogens is 304 g/mol. The second-order valence-electron chi connectivity index (χ2n) is 7.60. The zero-order chi connectivity index (χ0) is 17.7. The summed E-state index contributed by atoms with van der Waals surface area (Å²) in [6.45, 7) is 8.32. The van der Waals surface area contributed by atoms with Gasteiger partial charge in [-0.15, -0.1) is 0 Å². The fraction of sp³-hybridized carbons (Fsp3) is 0.632. The molecule has 5 nitrogen and oxygen atoms in total. The molecule has 2 rings (SSSR count). The van der Waals surface area contributed by atoms with Crippen LogP contribution in [0.3, 0.4) is 0 Å². The predicted octanol–water partition coefficient (Wildman–Crippen LogP) is 3.44. The van der Waals surface area contributed by atoms with Gasteiger partial charge in [-0.3, -0.25) is 0 Å². The summed E-state index contributed by atoms with van der Waals surface area (Å²) in [5.74, 6) is 1.51. The Morgan fingerprint density at radius 1 is 1.33 bits per heavy atom. The van der Waals surface area contributed by atoms with E-state index in [4.69, 9.17) is 9.47 Å². The Balaban J connectivity index is 1.67. The van der Waals surface area contributed by atoms with Crippen molar-refractivity contribution in [3.8, 4) is 5.75 Å². The molecule has 0 heterocycles. The maximum Gasteiger partial charge on any atom is 0.407 e. The number of nitrogens with one attached hydrogen (secondary N) is 2. The van der Waals surface area contributed by atoms with Crippen LogP contribution in [0.1, 0.15) is 52.0 Å². The largest absolute Gasteiger partial charge is 0.497 e. The molecular formula is C19H30N2O3. The van der Waals surface area contributed by atoms with Gasteiger partial charge in [0, 0.05) is 18.6 Å². The highest BCUT2D eigenvalue weighted by Gasteiger charge is 2.30. The summed E-state index contributed by atoms with van der Waals surface area (Å²) in [6, 6.07) is 8.84. The maximum absolute atomic E-state index is 11.7. The summed E-state index contributed by atoms with van der Waals surface area (Å²) in [4.78, 5) is 11.7. The van der Waals surface area contributed by atoms with Gasteiger partial charge in [-0.25, -0.2) is 4.79 Å². The van der Waals surface area contributed by atoms with E-state index in [0.29, 0.717) is 12.0 Å². The minimum Gasteiger partial charge on any atom is -0.497 e. The smallest absolute Gasteiger partial charge is 0.407 e. The molecule has 1 fully saturated rings. The average molecular weight is 334 g/mol. The van der Waals surface area contributed by atoms with Crippen molar-refractivity contribution < 1.29 is 14.3 Å². The van der Waals surface area contributed by atoms with Gasteiger partial charge in [0.25, 0.3) is 0 Å². The van der Waals surface area contributed by atoms with E-state index in [9.17, 15) is 4.79 Å². The molecule has 0 saturated heterocycles. The molecule has 0 spiro atoms. The van der Waals surface area contributed by atoms with Crippen molar-refractivity contribution in [1.82, 2.24) is 10.6 Å². The van der Waals surface area contributed by atoms with Crippen molar-refractivity contribution in [2.45, 2.75) is 64.1 Å². The van der Waals surface area contributed by atoms with Crippen LogP contribution < -0.4 is 15.4 Å². The van der Waals surface area contributed by atoms with Gasteiger partial charge in [0.15, 0.2) is 0 Å². The average Bonchev–Trinajstić information content (AvgIpc) is 2.43. The van der Waals surface area contributed by atoms with Crippen LogP contribution in [0.5, 0.6) is 5.75 Å². The van der Waals surface area contributed by atoms with Crippen LogP contribution in [0.25, 0.3) is 0 Å². The maximum atomic E-state index is 11.7. The lowest BCUT2D eigenvalue weighted by Crippen LogP contribution is -2.48. The second-order valence-corrected chi connectivity index (χ2v) is 7.60. The Hall–Kier alpha value is -1.75. The third-order valence-corrected chi connectivity index (χ3v) is 4.18. The highest BCUT2D eigenvalue weighted by Crippen LogP contribution is 2.37. The first-order valence-electron chi connectivity index (χ1n) is 8.63. The highest BCUT2D eigenvalue weighted by molar-refractivity contribution is 5.68. The van der Waals surface area contributed by atoms with Crippen LogP contribution in [0.15, 0.2) is 24.3 Å². The first kappa shape index (κ1) is 18.6. The molecule has 5 heteroatoms. The van der Waals surface area contributed by atoms with Crippen molar-refractivity contribution in [2.24, 2.45) is 0 Å². The van der Waals surface area contributed by atoms with Crippen LogP contribution in [0.2, 0.25) is 0 Å². The summed E-state index contributed by atoms with van der Waals surface area (Å²) < 4.78 is 10.5. The molecule has 0 radical (unpaired) electrons. The molecule has 0 aromatic heterocycles. The SMILES string of the molecule is COc1cccc(C2CC(NCC(C)NC(=O)OC(C)(C)C)C2)c1. The number of ether oxygens (including phenoxy) is 2. The van der Waals surface area contributed by atoms with E-state index in [1.165, 1.54) is 5.56 Å². The van der Waals surface area contributed by atoms with E-state index in [2.05, 4.69) is 22.8 Å². The van der Waals surface area contributed by atoms with Crippen LogP contribution in [-0.2, 0) is 4.74 Å². The summed E-state index contributed by atoms with van der Waals surface area (Å²) in [5, 5.41) is 6.37. The molecule has 0 aliphatic heterocycles. The molecule has 2 N–H and O–H groups in total. The third-order valence-electron chi connectivity index (χ3n) is 4.18. The quantitative estimate of drug-likeness (QED) is 0.836. The molecule has 1 amide bonds. The first-order valence-corrected chi connectivity index (χ1v) is 8.63. The number of hydrogen-bond donors (Lipinski definition) is 2. The molecule has 0 bridgehead atoms. The highest BCUT2D eigenvalue weighted by atomic mass is 16.6. The van der Waals surface area contributed by atoms with Crippen molar-refractivity contribution in [1.29, 1.82) is 0 Å². The van der Waals surface area contributed by atoms with Gasteiger partial charge in [0.05, 0.1) is 7.11 Å². The lowest BCUT2D eigenvalue weighted by atomic mass is 9.76. The van der Waals surface area contributed by atoms with Gasteiger partial charge in [0.1, 0.15) is 11.4 Å². The lowest BCUT2D eigenvalue weighted by Gasteiger charge is -2.37. The molecule has 1 aromatic rings. The van der Waals surface area contributed by atoms with Crippen molar-refractivity contribution >= 4 is 6.09 Å². The van der Waals surface area contributed by atoms with Gasteiger partial charge in [-0.1, -0.05) is 12.1 Å². The van der Waals surface area contributed by atoms with Crippen molar-refractivity contribution in [2.75, 3.05) is 13.7 Å². The number of alkyl carbamates (subject to hydrolysis) is 1. The van der Waals surface area contributed by atoms with Gasteiger partial charge < -0.3 is 20.1 Å². The summed E-state index contributed by atoms with van der Waals surface area (Å²) in [5.41, 5.74) is 0.877. The summed E-state index contributed by atoms with van der Waals surface area (Å²) in [7, 11) is 1.70. The van der Waals surface area contributed by atoms with E-state index in [1.807, 2.05) is 39.8 Å². The fourth-order valence-electron chi connectivity index (χ4n) is 2.86. The van der Waals surface area contributed by atoms with E-state index in [0.717, 1.165) is 25.1 Å². The molecule has 1 saturated carbocycles. The van der Waals surface area contributed by atoms with Gasteiger partial charge in [-0.05, 0) is 64.2 Å². The normalized spacial score (nSPS) is 21.5. The van der Waals surface area contributed by atoms with E-state index in [-0.39, 0.29) is 12.1 Å². The Bertz CT molecular complexity index is 548. The van der Waals surface area contributed by atoms with E-state index >= 15 is 0 Å². The number of hydrogen-bond acceptors (Lipinski definition) is 4. The monoisotopic (exact) mass is 334 g/mol. The van der Waals surface area contributed by atoms with Crippen molar-refractivity contribution in [3.05, 3.63) is 29.8 Å². The number of carbonyl (C=O) groups is 1. The molecule has 1 aliphatic rings. The molecule has 24 heavy (non-hydrogen) atoms. The van der Waals surface area contributed by atoms with Crippen LogP contribution in [0.4, 0.5) is 4.79 Å². The molecule has 1 aromatic carbocycles. The summed E-state index contributed by atoms with van der Waals surface area (Å²) >= 11 is 0. The Kier molecular flexibility index (Phi) is 6.10. The van der Waals surface area contributed by atoms with Gasteiger partial charge in [0.2, 0.25) is 0 Å². The molecule has 1 aliphatic carbocycles. The van der Waals surface area contributed by atoms with Crippen LogP contribution in [-0.4, -0.2) is 37.4 Å². The summed E-state index contributed by atoms with van der Waals surface area (Å²) in [6.07, 6.45) is 1.87. The topological polar surface area (TPSA) is 59.6 Å². The Labute approximate surface area is 145 Å². The Morgan fingerprint density at radius 3 is 2.67 bits per heavy atom. The zero-order valence-electron chi connectivity index (χ0n) is 15.4. The molecule has 1 unspecified atom stereocenters. The zero-order valence-corrected chi connectivity index (χ0v) is 15.4. The molecule has 134 valence electrons. The van der Waals surface area contributed by atoms with E-state index < -0.39 is 5.60 Å². The number of amides is 1. The minimum atomic E-state index is -0.463. The number of methoxy groups -OCH3 is 1. The van der Waals surface area contributed by atoms with E-state index in [1.54, 1.807) is 7.11 Å². The minimum absolute atomic E-state index is 0.0377. The van der Waals surface area contributed by atoms with Crippen molar-refractivity contribution in [3.63, 3.8) is 0 Å². The van der Waals surface area contributed by atoms with Crippen LogP contribution in [0, 0.1) is 0 Å². The first-order chi connectivity index (χ1) is 11.3. The number of carbonyl (C=O) groups excluding carboxylic acids is 1. The number of benzene rings is 1. The fourth-order valence-corrected chi connectivity index (χ4v) is 2.86. The van der Waals surface area contributed by atoms with Crippen LogP contribution >= 0.6 is 0 Å². The third kappa shape index (κ3) is 5.71. The lowest BCUT2D eigenvalue weighted by molar-refractivity contribution is 0.0506. The number of rotatable bonds is 6. The van der Waals surface area contributed by atoms with Gasteiger partial charge in [-0.2, -0.15) is 0 Å². The predicted molar refractivity (Wildman–Crippen MR) is 95.6 cm³/mol. The second kappa shape index (κ2) is 7.88. The standard InChI is InChI=1S/C19H30N2O3/c1-13(21-18(22)24-19(2,3)4)12-20-16-9-15(10-16)14-7-6-8-17(11-14)23-5/h6-8,11,13,15-16,20H,9-10,12H2,1-5H3,(H,21,22).